The van der Waals surface area contributed by atoms with Crippen LogP contribution in [-0.4, -0.2) is 37.2 Å². The number of rotatable bonds is 7. The number of aryl methyl sites for hydroxylation is 1. The first kappa shape index (κ1) is 19.3. The summed E-state index contributed by atoms with van der Waals surface area (Å²) in [7, 11) is 3.15. The van der Waals surface area contributed by atoms with Crippen molar-refractivity contribution in [2.75, 3.05) is 14.2 Å². The minimum absolute atomic E-state index is 0.0997. The molecule has 0 saturated carbocycles. The van der Waals surface area contributed by atoms with Crippen molar-refractivity contribution in [1.29, 1.82) is 0 Å². The van der Waals surface area contributed by atoms with Crippen molar-refractivity contribution < 1.29 is 24.2 Å². The summed E-state index contributed by atoms with van der Waals surface area (Å²) in [4.78, 5) is 23.6. The van der Waals surface area contributed by atoms with Gasteiger partial charge in [0.05, 0.1) is 19.8 Å². The molecule has 0 spiro atoms. The predicted molar refractivity (Wildman–Crippen MR) is 98.3 cm³/mol. The van der Waals surface area contributed by atoms with Crippen LogP contribution in [0.5, 0.6) is 11.5 Å². The lowest BCUT2D eigenvalue weighted by Gasteiger charge is -2.16. The largest absolute Gasteiger partial charge is 0.493 e. The molecule has 2 aromatic rings. The third-order valence-corrected chi connectivity index (χ3v) is 3.95. The molecule has 2 rings (SSSR count). The summed E-state index contributed by atoms with van der Waals surface area (Å²) in [6.45, 7) is 3.65. The highest BCUT2D eigenvalue weighted by molar-refractivity contribution is 5.97. The molecule has 1 atom stereocenters. The van der Waals surface area contributed by atoms with Crippen molar-refractivity contribution in [1.82, 2.24) is 5.32 Å². The molecule has 0 aromatic heterocycles. The Morgan fingerprint density at radius 1 is 1.04 bits per heavy atom. The molecule has 2 aromatic carbocycles. The zero-order valence-corrected chi connectivity index (χ0v) is 15.3. The highest BCUT2D eigenvalue weighted by atomic mass is 16.5. The van der Waals surface area contributed by atoms with Crippen molar-refractivity contribution >= 4 is 11.9 Å². The van der Waals surface area contributed by atoms with E-state index in [0.717, 1.165) is 11.1 Å². The first-order valence-electron chi connectivity index (χ1n) is 8.20. The van der Waals surface area contributed by atoms with Crippen molar-refractivity contribution in [2.45, 2.75) is 26.3 Å². The topological polar surface area (TPSA) is 84.9 Å². The molecule has 0 bridgehead atoms. The highest BCUT2D eigenvalue weighted by Gasteiger charge is 2.14. The third-order valence-electron chi connectivity index (χ3n) is 3.95. The number of benzene rings is 2. The van der Waals surface area contributed by atoms with E-state index in [0.29, 0.717) is 23.5 Å². The van der Waals surface area contributed by atoms with Crippen LogP contribution in [0.25, 0.3) is 0 Å². The van der Waals surface area contributed by atoms with Crippen molar-refractivity contribution in [3.05, 3.63) is 58.7 Å². The van der Waals surface area contributed by atoms with Crippen LogP contribution in [0.4, 0.5) is 0 Å². The standard InChI is InChI=1S/C20H23NO5/c1-12-7-15(11-16(8-12)20(23)24)19(22)21-13(2)9-14-5-6-17(25-3)18(10-14)26-4/h5-8,10-11,13H,9H2,1-4H3,(H,21,22)(H,23,24). The van der Waals surface area contributed by atoms with Gasteiger partial charge in [0, 0.05) is 11.6 Å². The van der Waals surface area contributed by atoms with Crippen LogP contribution in [0.15, 0.2) is 36.4 Å². The Morgan fingerprint density at radius 2 is 1.69 bits per heavy atom. The van der Waals surface area contributed by atoms with Crippen molar-refractivity contribution in [3.63, 3.8) is 0 Å². The Hall–Kier alpha value is -3.02. The van der Waals surface area contributed by atoms with Gasteiger partial charge in [0.25, 0.3) is 5.91 Å². The fraction of sp³-hybridized carbons (Fsp3) is 0.300. The maximum Gasteiger partial charge on any atom is 0.335 e. The molecule has 2 N–H and O–H groups in total. The molecule has 138 valence electrons. The SMILES string of the molecule is COc1ccc(CC(C)NC(=O)c2cc(C)cc(C(=O)O)c2)cc1OC. The van der Waals surface area contributed by atoms with Crippen LogP contribution in [0.2, 0.25) is 0 Å². The molecule has 0 radical (unpaired) electrons. The second-order valence-corrected chi connectivity index (χ2v) is 6.16. The number of carboxylic acids is 1. The lowest BCUT2D eigenvalue weighted by molar-refractivity contribution is 0.0696. The van der Waals surface area contributed by atoms with Crippen LogP contribution >= 0.6 is 0 Å². The van der Waals surface area contributed by atoms with E-state index in [1.54, 1.807) is 27.2 Å². The van der Waals surface area contributed by atoms with Gasteiger partial charge in [-0.3, -0.25) is 4.79 Å². The number of carbonyl (C=O) groups excluding carboxylic acids is 1. The summed E-state index contributed by atoms with van der Waals surface area (Å²) < 4.78 is 10.5. The monoisotopic (exact) mass is 357 g/mol. The normalized spacial score (nSPS) is 11.5. The van der Waals surface area contributed by atoms with Gasteiger partial charge in [0.15, 0.2) is 11.5 Å². The van der Waals surface area contributed by atoms with Gasteiger partial charge in [0.1, 0.15) is 0 Å². The van der Waals surface area contributed by atoms with Crippen LogP contribution < -0.4 is 14.8 Å². The molecule has 1 unspecified atom stereocenters. The molecule has 1 amide bonds. The number of nitrogens with one attached hydrogen (secondary N) is 1. The van der Waals surface area contributed by atoms with Crippen molar-refractivity contribution in [3.8, 4) is 11.5 Å². The highest BCUT2D eigenvalue weighted by Crippen LogP contribution is 2.28. The fourth-order valence-corrected chi connectivity index (χ4v) is 2.76. The average molecular weight is 357 g/mol. The summed E-state index contributed by atoms with van der Waals surface area (Å²) in [5.41, 5.74) is 2.15. The first-order chi connectivity index (χ1) is 12.3. The molecular weight excluding hydrogens is 334 g/mol. The lowest BCUT2D eigenvalue weighted by atomic mass is 10.0. The fourth-order valence-electron chi connectivity index (χ4n) is 2.76. The summed E-state index contributed by atoms with van der Waals surface area (Å²) in [6, 6.07) is 10.1. The van der Waals surface area contributed by atoms with Crippen LogP contribution in [0.3, 0.4) is 0 Å². The van der Waals surface area contributed by atoms with Gasteiger partial charge in [-0.15, -0.1) is 0 Å². The van der Waals surface area contributed by atoms with E-state index in [1.165, 1.54) is 12.1 Å². The number of ether oxygens (including phenoxy) is 2. The number of aromatic carboxylic acids is 1. The molecule has 0 aliphatic heterocycles. The second-order valence-electron chi connectivity index (χ2n) is 6.16. The van der Waals surface area contributed by atoms with E-state index in [9.17, 15) is 9.59 Å². The quantitative estimate of drug-likeness (QED) is 0.795. The zero-order chi connectivity index (χ0) is 19.3. The minimum atomic E-state index is -1.05. The van der Waals surface area contributed by atoms with E-state index in [4.69, 9.17) is 14.6 Å². The van der Waals surface area contributed by atoms with Gasteiger partial charge < -0.3 is 19.9 Å². The van der Waals surface area contributed by atoms with Gasteiger partial charge in [0.2, 0.25) is 0 Å². The van der Waals surface area contributed by atoms with Crippen LogP contribution in [0, 0.1) is 6.92 Å². The lowest BCUT2D eigenvalue weighted by Crippen LogP contribution is -2.34. The third kappa shape index (κ3) is 4.75. The van der Waals surface area contributed by atoms with Gasteiger partial charge in [-0.25, -0.2) is 4.79 Å². The Morgan fingerprint density at radius 3 is 2.31 bits per heavy atom. The maximum atomic E-state index is 12.4. The molecular formula is C20H23NO5. The molecule has 0 aliphatic carbocycles. The molecule has 6 heteroatoms. The molecule has 0 aliphatic rings. The molecule has 0 heterocycles. The number of carboxylic acid groups (broad SMARTS) is 1. The Labute approximate surface area is 152 Å². The Balaban J connectivity index is 2.09. The average Bonchev–Trinajstić information content (AvgIpc) is 2.60. The maximum absolute atomic E-state index is 12.4. The first-order valence-corrected chi connectivity index (χ1v) is 8.20. The molecule has 6 nitrogen and oxygen atoms in total. The number of amides is 1. The van der Waals surface area contributed by atoms with Crippen LogP contribution in [0.1, 0.15) is 38.8 Å². The molecule has 26 heavy (non-hydrogen) atoms. The Kier molecular flexibility index (Phi) is 6.22. The van der Waals surface area contributed by atoms with E-state index >= 15 is 0 Å². The number of methoxy groups -OCH3 is 2. The van der Waals surface area contributed by atoms with E-state index < -0.39 is 5.97 Å². The van der Waals surface area contributed by atoms with Crippen molar-refractivity contribution in [2.24, 2.45) is 0 Å². The van der Waals surface area contributed by atoms with Gasteiger partial charge in [-0.2, -0.15) is 0 Å². The van der Waals surface area contributed by atoms with E-state index in [1.807, 2.05) is 25.1 Å². The summed E-state index contributed by atoms with van der Waals surface area (Å²) in [5.74, 6) is -0.0764. The summed E-state index contributed by atoms with van der Waals surface area (Å²) >= 11 is 0. The number of hydrogen-bond donors (Lipinski definition) is 2. The van der Waals surface area contributed by atoms with Gasteiger partial charge >= 0.3 is 5.97 Å². The zero-order valence-electron chi connectivity index (χ0n) is 15.3. The second kappa shape index (κ2) is 8.38. The smallest absolute Gasteiger partial charge is 0.335 e. The minimum Gasteiger partial charge on any atom is -0.493 e. The van der Waals surface area contributed by atoms with E-state index in [-0.39, 0.29) is 17.5 Å². The molecule has 0 fully saturated rings. The Bertz CT molecular complexity index is 816. The van der Waals surface area contributed by atoms with Crippen LogP contribution in [-0.2, 0) is 6.42 Å². The van der Waals surface area contributed by atoms with Gasteiger partial charge in [-0.1, -0.05) is 6.07 Å². The molecule has 0 saturated heterocycles. The summed E-state index contributed by atoms with van der Waals surface area (Å²) in [6.07, 6.45) is 0.601. The van der Waals surface area contributed by atoms with Gasteiger partial charge in [-0.05, 0) is 61.7 Å². The number of carbonyl (C=O) groups is 2. The predicted octanol–water partition coefficient (Wildman–Crippen LogP) is 3.07. The summed E-state index contributed by atoms with van der Waals surface area (Å²) in [5, 5.41) is 12.0. The van der Waals surface area contributed by atoms with E-state index in [2.05, 4.69) is 5.32 Å². The number of hydrogen-bond acceptors (Lipinski definition) is 4.